The number of amides is 2. The summed E-state index contributed by atoms with van der Waals surface area (Å²) in [7, 11) is 0. The third-order valence-electron chi connectivity index (χ3n) is 6.20. The zero-order chi connectivity index (χ0) is 15.1. The second kappa shape index (κ2) is 3.86. The first-order valence-electron chi connectivity index (χ1n) is 7.90. The summed E-state index contributed by atoms with van der Waals surface area (Å²) in [4.78, 5) is 26.9. The average Bonchev–Trinajstić information content (AvgIpc) is 3.12. The molecule has 0 N–H and O–H groups in total. The number of likely N-dealkylation sites (tertiary alicyclic amines) is 1. The second-order valence-corrected chi connectivity index (χ2v) is 7.11. The normalized spacial score (nSPS) is 36.5. The molecule has 2 amide bonds. The van der Waals surface area contributed by atoms with Crippen LogP contribution in [-0.4, -0.2) is 16.7 Å². The Morgan fingerprint density at radius 2 is 1.55 bits per heavy atom. The topological polar surface area (TPSA) is 37.4 Å². The van der Waals surface area contributed by atoms with Crippen molar-refractivity contribution in [3.8, 4) is 0 Å². The highest BCUT2D eigenvalue weighted by atomic mass is 19.1. The third-order valence-corrected chi connectivity index (χ3v) is 6.20. The van der Waals surface area contributed by atoms with Crippen LogP contribution in [0.4, 0.5) is 4.39 Å². The van der Waals surface area contributed by atoms with Crippen molar-refractivity contribution < 1.29 is 14.0 Å². The summed E-state index contributed by atoms with van der Waals surface area (Å²) in [6, 6.07) is 6.01. The number of benzene rings is 1. The molecule has 3 fully saturated rings. The van der Waals surface area contributed by atoms with Gasteiger partial charge in [-0.2, -0.15) is 0 Å². The van der Waals surface area contributed by atoms with Crippen LogP contribution in [-0.2, 0) is 16.1 Å². The van der Waals surface area contributed by atoms with Crippen LogP contribution in [0.2, 0.25) is 0 Å². The lowest BCUT2D eigenvalue weighted by molar-refractivity contribution is -0.141. The quantitative estimate of drug-likeness (QED) is 0.621. The third kappa shape index (κ3) is 1.36. The molecule has 1 aliphatic heterocycles. The molecule has 2 bridgehead atoms. The standard InChI is InChI=1S/C18H16FNO2/c19-11-3-1-10(2-4-11)9-20-16(21)14-12-5-6-13(15(14)17(20)22)18(12)7-8-18/h1-6,12-15H,7-9H2/t12-,13+,14+,15-. The molecule has 5 rings (SSSR count). The number of fused-ring (bicyclic) bond motifs is 3. The fourth-order valence-corrected chi connectivity index (χ4v) is 5.07. The molecule has 4 heteroatoms. The minimum atomic E-state index is -0.308. The van der Waals surface area contributed by atoms with Gasteiger partial charge in [0.1, 0.15) is 5.82 Å². The van der Waals surface area contributed by atoms with Crippen molar-refractivity contribution in [1.82, 2.24) is 4.90 Å². The van der Waals surface area contributed by atoms with Crippen LogP contribution in [0.25, 0.3) is 0 Å². The molecule has 0 unspecified atom stereocenters. The van der Waals surface area contributed by atoms with Crippen LogP contribution in [0, 0.1) is 34.9 Å². The largest absolute Gasteiger partial charge is 0.278 e. The number of halogens is 1. The van der Waals surface area contributed by atoms with Gasteiger partial charge in [-0.1, -0.05) is 24.3 Å². The number of hydrogen-bond donors (Lipinski definition) is 0. The van der Waals surface area contributed by atoms with Gasteiger partial charge in [0, 0.05) is 0 Å². The lowest BCUT2D eigenvalue weighted by Gasteiger charge is -2.21. The number of hydrogen-bond acceptors (Lipinski definition) is 2. The van der Waals surface area contributed by atoms with E-state index in [1.54, 1.807) is 12.1 Å². The highest BCUT2D eigenvalue weighted by molar-refractivity contribution is 6.06. The predicted octanol–water partition coefficient (Wildman–Crippen LogP) is 2.52. The monoisotopic (exact) mass is 297 g/mol. The van der Waals surface area contributed by atoms with E-state index in [4.69, 9.17) is 0 Å². The smallest absolute Gasteiger partial charge is 0.234 e. The van der Waals surface area contributed by atoms with Gasteiger partial charge in [-0.3, -0.25) is 14.5 Å². The fraction of sp³-hybridized carbons (Fsp3) is 0.444. The van der Waals surface area contributed by atoms with Gasteiger partial charge in [0.25, 0.3) is 0 Å². The molecule has 1 heterocycles. The van der Waals surface area contributed by atoms with E-state index in [0.29, 0.717) is 0 Å². The summed E-state index contributed by atoms with van der Waals surface area (Å²) < 4.78 is 13.0. The molecule has 3 nitrogen and oxygen atoms in total. The molecule has 0 aromatic heterocycles. The first kappa shape index (κ1) is 12.6. The Labute approximate surface area is 127 Å². The molecule has 22 heavy (non-hydrogen) atoms. The van der Waals surface area contributed by atoms with Gasteiger partial charge in [0.05, 0.1) is 18.4 Å². The Hall–Kier alpha value is -1.97. The van der Waals surface area contributed by atoms with Crippen molar-refractivity contribution in [2.75, 3.05) is 0 Å². The number of carbonyl (C=O) groups is 2. The van der Waals surface area contributed by atoms with E-state index in [0.717, 1.165) is 18.4 Å². The number of allylic oxidation sites excluding steroid dienone is 2. The van der Waals surface area contributed by atoms with Crippen LogP contribution < -0.4 is 0 Å². The SMILES string of the molecule is O=C1[C@@H]2[C@H](C(=O)N1Cc1ccc(F)cc1)[C@@H]1C=C[C@H]2C12CC2. The van der Waals surface area contributed by atoms with E-state index in [1.807, 2.05) is 0 Å². The van der Waals surface area contributed by atoms with Crippen molar-refractivity contribution in [3.05, 3.63) is 47.8 Å². The summed E-state index contributed by atoms with van der Waals surface area (Å²) in [6.07, 6.45) is 6.65. The Balaban J connectivity index is 1.45. The summed E-state index contributed by atoms with van der Waals surface area (Å²) >= 11 is 0. The molecule has 0 radical (unpaired) electrons. The zero-order valence-electron chi connectivity index (χ0n) is 12.0. The number of imide groups is 1. The average molecular weight is 297 g/mol. The molecular formula is C18H16FNO2. The Kier molecular flexibility index (Phi) is 2.20. The number of nitrogens with zero attached hydrogens (tertiary/aromatic N) is 1. The van der Waals surface area contributed by atoms with Crippen LogP contribution >= 0.6 is 0 Å². The first-order chi connectivity index (χ1) is 10.6. The van der Waals surface area contributed by atoms with Crippen molar-refractivity contribution in [2.24, 2.45) is 29.1 Å². The van der Waals surface area contributed by atoms with Gasteiger partial charge >= 0.3 is 0 Å². The maximum absolute atomic E-state index is 13.0. The van der Waals surface area contributed by atoms with E-state index >= 15 is 0 Å². The lowest BCUT2D eigenvalue weighted by atomic mass is 9.85. The molecule has 4 atom stereocenters. The van der Waals surface area contributed by atoms with E-state index in [-0.39, 0.29) is 53.3 Å². The molecular weight excluding hydrogens is 281 g/mol. The maximum atomic E-state index is 13.0. The van der Waals surface area contributed by atoms with E-state index in [1.165, 1.54) is 17.0 Å². The van der Waals surface area contributed by atoms with Crippen LogP contribution in [0.15, 0.2) is 36.4 Å². The van der Waals surface area contributed by atoms with Gasteiger partial charge in [-0.05, 0) is 47.8 Å². The molecule has 112 valence electrons. The van der Waals surface area contributed by atoms with Gasteiger partial charge in [-0.15, -0.1) is 0 Å². The molecule has 1 saturated heterocycles. The molecule has 1 aromatic carbocycles. The molecule has 2 saturated carbocycles. The van der Waals surface area contributed by atoms with Crippen LogP contribution in [0.5, 0.6) is 0 Å². The van der Waals surface area contributed by atoms with Gasteiger partial charge in [0.15, 0.2) is 0 Å². The highest BCUT2D eigenvalue weighted by Crippen LogP contribution is 2.73. The summed E-state index contributed by atoms with van der Waals surface area (Å²) in [5, 5.41) is 0. The van der Waals surface area contributed by atoms with Gasteiger partial charge in [0.2, 0.25) is 11.8 Å². The van der Waals surface area contributed by atoms with E-state index in [2.05, 4.69) is 12.2 Å². The van der Waals surface area contributed by atoms with Crippen molar-refractivity contribution in [3.63, 3.8) is 0 Å². The predicted molar refractivity (Wildman–Crippen MR) is 76.7 cm³/mol. The van der Waals surface area contributed by atoms with Gasteiger partial charge in [-0.25, -0.2) is 4.39 Å². The molecule has 4 aliphatic rings. The minimum Gasteiger partial charge on any atom is -0.278 e. The van der Waals surface area contributed by atoms with Crippen molar-refractivity contribution in [2.45, 2.75) is 19.4 Å². The van der Waals surface area contributed by atoms with Crippen LogP contribution in [0.1, 0.15) is 18.4 Å². The zero-order valence-corrected chi connectivity index (χ0v) is 12.0. The molecule has 1 aromatic rings. The molecule has 3 aliphatic carbocycles. The van der Waals surface area contributed by atoms with E-state index in [9.17, 15) is 14.0 Å². The maximum Gasteiger partial charge on any atom is 0.234 e. The number of rotatable bonds is 2. The summed E-state index contributed by atoms with van der Waals surface area (Å²) in [6.45, 7) is 0.261. The van der Waals surface area contributed by atoms with Crippen LogP contribution in [0.3, 0.4) is 0 Å². The van der Waals surface area contributed by atoms with E-state index < -0.39 is 0 Å². The lowest BCUT2D eigenvalue weighted by Crippen LogP contribution is -2.34. The fourth-order valence-electron chi connectivity index (χ4n) is 5.07. The Morgan fingerprint density at radius 3 is 2.05 bits per heavy atom. The van der Waals surface area contributed by atoms with Crippen molar-refractivity contribution >= 4 is 11.8 Å². The summed E-state index contributed by atoms with van der Waals surface area (Å²) in [5.74, 6) is -0.132. The Bertz CT molecular complexity index is 685. The highest BCUT2D eigenvalue weighted by Gasteiger charge is 2.73. The van der Waals surface area contributed by atoms with Crippen molar-refractivity contribution in [1.29, 1.82) is 0 Å². The molecule has 1 spiro atoms. The summed E-state index contributed by atoms with van der Waals surface area (Å²) in [5.41, 5.74) is 1.03. The van der Waals surface area contributed by atoms with Gasteiger partial charge < -0.3 is 0 Å². The Morgan fingerprint density at radius 1 is 1.00 bits per heavy atom. The second-order valence-electron chi connectivity index (χ2n) is 7.11. The first-order valence-corrected chi connectivity index (χ1v) is 7.90. The number of carbonyl (C=O) groups excluding carboxylic acids is 2. The minimum absolute atomic E-state index is 0.0255.